The molecule has 0 bridgehead atoms. The molecule has 188 valence electrons. The van der Waals surface area contributed by atoms with Gasteiger partial charge in [0.1, 0.15) is 11.6 Å². The fourth-order valence-corrected chi connectivity index (χ4v) is 5.53. The lowest BCUT2D eigenvalue weighted by atomic mass is 9.69. The highest BCUT2D eigenvalue weighted by Gasteiger charge is 2.33. The molecule has 0 atom stereocenters. The van der Waals surface area contributed by atoms with E-state index in [2.05, 4.69) is 56.8 Å². The number of morpholine rings is 2. The predicted molar refractivity (Wildman–Crippen MR) is 144 cm³/mol. The van der Waals surface area contributed by atoms with Crippen LogP contribution < -0.4 is 20.4 Å². The van der Waals surface area contributed by atoms with Crippen molar-refractivity contribution in [3.8, 4) is 0 Å². The number of anilines is 3. The highest BCUT2D eigenvalue weighted by Crippen LogP contribution is 2.39. The summed E-state index contributed by atoms with van der Waals surface area (Å²) >= 11 is 5.73. The maximum absolute atomic E-state index is 5.73. The number of benzene rings is 1. The molecule has 2 saturated heterocycles. The van der Waals surface area contributed by atoms with E-state index in [9.17, 15) is 0 Å². The smallest absolute Gasteiger partial charge is 0.232 e. The van der Waals surface area contributed by atoms with Gasteiger partial charge in [-0.3, -0.25) is 0 Å². The standard InChI is InChI=1S/C26H36N6O2S/c35-25(27-20-26(9-5-2-6-10-26)21-7-3-1-4-8-21)30-24-28-22(31-11-15-33-16-12-31)19-23(29-24)32-13-17-34-18-14-32/h1,3-4,7-8,19H,2,5-6,9-18,20H2,(H2,27,28,29,30,35). The lowest BCUT2D eigenvalue weighted by Gasteiger charge is -2.38. The molecule has 1 aromatic carbocycles. The van der Waals surface area contributed by atoms with Crippen molar-refractivity contribution in [3.05, 3.63) is 42.0 Å². The first kappa shape index (κ1) is 24.2. The first-order valence-corrected chi connectivity index (χ1v) is 13.3. The minimum absolute atomic E-state index is 0.112. The van der Waals surface area contributed by atoms with E-state index in [4.69, 9.17) is 31.7 Å². The van der Waals surface area contributed by atoms with Gasteiger partial charge in [-0.15, -0.1) is 0 Å². The molecule has 9 heteroatoms. The molecular weight excluding hydrogens is 460 g/mol. The van der Waals surface area contributed by atoms with E-state index >= 15 is 0 Å². The van der Waals surface area contributed by atoms with Crippen molar-refractivity contribution in [2.45, 2.75) is 37.5 Å². The highest BCUT2D eigenvalue weighted by atomic mass is 32.1. The molecular formula is C26H36N6O2S. The Morgan fingerprint density at radius 3 is 2.00 bits per heavy atom. The van der Waals surface area contributed by atoms with Gasteiger partial charge < -0.3 is 29.9 Å². The van der Waals surface area contributed by atoms with E-state index in [0.29, 0.717) is 37.5 Å². The molecule has 3 fully saturated rings. The van der Waals surface area contributed by atoms with E-state index < -0.39 is 0 Å². The van der Waals surface area contributed by atoms with Crippen LogP contribution in [-0.4, -0.2) is 74.2 Å². The normalized spacial score (nSPS) is 20.3. The van der Waals surface area contributed by atoms with Crippen LogP contribution in [0.25, 0.3) is 0 Å². The molecule has 2 N–H and O–H groups in total. The zero-order chi connectivity index (χ0) is 23.9. The summed E-state index contributed by atoms with van der Waals surface area (Å²) in [6.07, 6.45) is 6.17. The lowest BCUT2D eigenvalue weighted by molar-refractivity contribution is 0.122. The van der Waals surface area contributed by atoms with Gasteiger partial charge in [0.15, 0.2) is 5.11 Å². The molecule has 1 saturated carbocycles. The number of hydrogen-bond acceptors (Lipinski definition) is 7. The van der Waals surface area contributed by atoms with Gasteiger partial charge in [-0.2, -0.15) is 9.97 Å². The second-order valence-corrected chi connectivity index (χ2v) is 10.0. The number of thiocarbonyl (C=S) groups is 1. The average molecular weight is 497 g/mol. The van der Waals surface area contributed by atoms with Crippen LogP contribution in [0.5, 0.6) is 0 Å². The third-order valence-electron chi connectivity index (χ3n) is 7.38. The van der Waals surface area contributed by atoms with Crippen molar-refractivity contribution in [1.29, 1.82) is 0 Å². The summed E-state index contributed by atoms with van der Waals surface area (Å²) in [5.74, 6) is 2.34. The van der Waals surface area contributed by atoms with Crippen LogP contribution >= 0.6 is 12.2 Å². The van der Waals surface area contributed by atoms with Crippen LogP contribution in [0.3, 0.4) is 0 Å². The van der Waals surface area contributed by atoms with Crippen LogP contribution in [0.2, 0.25) is 0 Å². The van der Waals surface area contributed by atoms with Gasteiger partial charge >= 0.3 is 0 Å². The van der Waals surface area contributed by atoms with Crippen molar-refractivity contribution >= 4 is 34.9 Å². The number of rotatable bonds is 6. The largest absolute Gasteiger partial charge is 0.378 e. The molecule has 35 heavy (non-hydrogen) atoms. The summed E-state index contributed by atoms with van der Waals surface area (Å²) in [7, 11) is 0. The van der Waals surface area contributed by atoms with Crippen LogP contribution in [-0.2, 0) is 14.9 Å². The maximum atomic E-state index is 5.73. The van der Waals surface area contributed by atoms with Crippen molar-refractivity contribution in [2.24, 2.45) is 0 Å². The molecule has 0 radical (unpaired) electrons. The quantitative estimate of drug-likeness (QED) is 0.586. The Morgan fingerprint density at radius 2 is 1.43 bits per heavy atom. The van der Waals surface area contributed by atoms with Crippen LogP contribution in [0, 0.1) is 0 Å². The molecule has 8 nitrogen and oxygen atoms in total. The topological polar surface area (TPSA) is 74.8 Å². The van der Waals surface area contributed by atoms with Crippen molar-refractivity contribution in [3.63, 3.8) is 0 Å². The van der Waals surface area contributed by atoms with Gasteiger partial charge in [-0.25, -0.2) is 0 Å². The van der Waals surface area contributed by atoms with E-state index in [0.717, 1.165) is 44.4 Å². The molecule has 0 spiro atoms. The molecule has 2 aromatic rings. The van der Waals surface area contributed by atoms with Gasteiger partial charge in [-0.1, -0.05) is 49.6 Å². The van der Waals surface area contributed by atoms with Crippen molar-refractivity contribution < 1.29 is 9.47 Å². The Morgan fingerprint density at radius 1 is 0.857 bits per heavy atom. The Labute approximate surface area is 213 Å². The second kappa shape index (κ2) is 11.5. The van der Waals surface area contributed by atoms with Crippen molar-refractivity contribution in [1.82, 2.24) is 15.3 Å². The summed E-state index contributed by atoms with van der Waals surface area (Å²) < 4.78 is 11.1. The molecule has 1 aliphatic carbocycles. The Bertz CT molecular complexity index is 937. The highest BCUT2D eigenvalue weighted by molar-refractivity contribution is 7.80. The van der Waals surface area contributed by atoms with Gasteiger partial charge in [0.2, 0.25) is 5.95 Å². The second-order valence-electron chi connectivity index (χ2n) is 9.62. The Hall–Kier alpha value is -2.49. The van der Waals surface area contributed by atoms with E-state index in [1.54, 1.807) is 0 Å². The molecule has 0 amide bonds. The summed E-state index contributed by atoms with van der Waals surface area (Å²) in [6, 6.07) is 13.0. The van der Waals surface area contributed by atoms with Gasteiger partial charge in [-0.05, 0) is 30.6 Å². The van der Waals surface area contributed by atoms with E-state index in [1.165, 1.54) is 37.7 Å². The number of aromatic nitrogens is 2. The lowest BCUT2D eigenvalue weighted by Crippen LogP contribution is -2.44. The van der Waals surface area contributed by atoms with Gasteiger partial charge in [0, 0.05) is 44.2 Å². The zero-order valence-electron chi connectivity index (χ0n) is 20.4. The third-order valence-corrected chi connectivity index (χ3v) is 7.63. The molecule has 2 aliphatic heterocycles. The third kappa shape index (κ3) is 6.02. The number of hydrogen-bond donors (Lipinski definition) is 2. The fourth-order valence-electron chi connectivity index (χ4n) is 5.37. The molecule has 0 unspecified atom stereocenters. The van der Waals surface area contributed by atoms with E-state index in [-0.39, 0.29) is 5.41 Å². The first-order chi connectivity index (χ1) is 17.2. The van der Waals surface area contributed by atoms with Gasteiger partial charge in [0.05, 0.1) is 26.4 Å². The van der Waals surface area contributed by atoms with Crippen LogP contribution in [0.15, 0.2) is 36.4 Å². The minimum Gasteiger partial charge on any atom is -0.378 e. The first-order valence-electron chi connectivity index (χ1n) is 12.9. The summed E-state index contributed by atoms with van der Waals surface area (Å²) in [5, 5.41) is 7.37. The summed E-state index contributed by atoms with van der Waals surface area (Å²) in [5.41, 5.74) is 1.51. The SMILES string of the molecule is S=C(NCC1(c2ccccc2)CCCCC1)Nc1nc(N2CCOCC2)cc(N2CCOCC2)n1. The molecule has 5 rings (SSSR count). The monoisotopic (exact) mass is 496 g/mol. The van der Waals surface area contributed by atoms with Gasteiger partial charge in [0.25, 0.3) is 0 Å². The number of ether oxygens (including phenoxy) is 2. The maximum Gasteiger partial charge on any atom is 0.232 e. The molecule has 3 aliphatic rings. The fraction of sp³-hybridized carbons (Fsp3) is 0.577. The Balaban J connectivity index is 1.31. The summed E-state index contributed by atoms with van der Waals surface area (Å²) in [6.45, 7) is 6.93. The minimum atomic E-state index is 0.112. The van der Waals surface area contributed by atoms with Crippen LogP contribution in [0.4, 0.5) is 17.6 Å². The Kier molecular flexibility index (Phi) is 7.95. The van der Waals surface area contributed by atoms with Crippen LogP contribution in [0.1, 0.15) is 37.7 Å². The number of nitrogens with zero attached hydrogens (tertiary/aromatic N) is 4. The molecule has 3 heterocycles. The average Bonchev–Trinajstić information content (AvgIpc) is 2.94. The molecule has 1 aromatic heterocycles. The predicted octanol–water partition coefficient (Wildman–Crippen LogP) is 3.34. The van der Waals surface area contributed by atoms with Crippen molar-refractivity contribution in [2.75, 3.05) is 74.3 Å². The number of nitrogens with one attached hydrogen (secondary N) is 2. The zero-order valence-corrected chi connectivity index (χ0v) is 21.2. The summed E-state index contributed by atoms with van der Waals surface area (Å²) in [4.78, 5) is 14.2. The van der Waals surface area contributed by atoms with E-state index in [1.807, 2.05) is 0 Å².